The topological polar surface area (TPSA) is 142 Å². The van der Waals surface area contributed by atoms with Crippen LogP contribution in [0.2, 0.25) is 0 Å². The van der Waals surface area contributed by atoms with Gasteiger partial charge in [0.15, 0.2) is 5.75 Å². The van der Waals surface area contributed by atoms with Crippen LogP contribution in [0.3, 0.4) is 0 Å². The normalized spacial score (nSPS) is 9.70. The Morgan fingerprint density at radius 3 is 2.52 bits per heavy atom. The van der Waals surface area contributed by atoms with Crippen molar-refractivity contribution in [1.29, 1.82) is 10.5 Å². The first kappa shape index (κ1) is 15.9. The van der Waals surface area contributed by atoms with Crippen molar-refractivity contribution >= 4 is 23.7 Å². The molecule has 23 heavy (non-hydrogen) atoms. The van der Waals surface area contributed by atoms with Crippen molar-refractivity contribution in [2.45, 2.75) is 0 Å². The van der Waals surface area contributed by atoms with Crippen LogP contribution in [0.4, 0.5) is 11.5 Å². The van der Waals surface area contributed by atoms with E-state index in [0.717, 1.165) is 0 Å². The first-order chi connectivity index (χ1) is 10.9. The number of anilines is 1. The van der Waals surface area contributed by atoms with Crippen molar-refractivity contribution in [1.82, 2.24) is 4.98 Å². The zero-order valence-electron chi connectivity index (χ0n) is 11.8. The number of H-pyrrole nitrogens is 1. The lowest BCUT2D eigenvalue weighted by Crippen LogP contribution is -2.02. The molecule has 1 heterocycles. The molecule has 0 saturated carbocycles. The molecule has 0 amide bonds. The summed E-state index contributed by atoms with van der Waals surface area (Å²) in [7, 11) is 1.31. The third-order valence-electron chi connectivity index (χ3n) is 3.13. The quantitative estimate of drug-likeness (QED) is 0.501. The molecule has 2 rings (SSSR count). The fourth-order valence-electron chi connectivity index (χ4n) is 2.12. The summed E-state index contributed by atoms with van der Waals surface area (Å²) in [6.07, 6.45) is 0. The number of nitro benzene ring substituents is 1. The maximum absolute atomic E-state index is 11.2. The molecule has 1 aromatic carbocycles. The van der Waals surface area contributed by atoms with E-state index in [1.165, 1.54) is 25.3 Å². The average molecular weight is 327 g/mol. The van der Waals surface area contributed by atoms with E-state index in [9.17, 15) is 20.6 Å². The maximum atomic E-state index is 11.2. The lowest BCUT2D eigenvalue weighted by atomic mass is 9.96. The van der Waals surface area contributed by atoms with Gasteiger partial charge in [-0.3, -0.25) is 10.1 Å². The molecule has 3 N–H and O–H groups in total. The second-order valence-corrected chi connectivity index (χ2v) is 4.77. The van der Waals surface area contributed by atoms with Crippen LogP contribution >= 0.6 is 12.2 Å². The Morgan fingerprint density at radius 1 is 1.35 bits per heavy atom. The number of nitrogens with one attached hydrogen (secondary N) is 1. The summed E-state index contributed by atoms with van der Waals surface area (Å²) in [4.78, 5) is 13.1. The highest BCUT2D eigenvalue weighted by Gasteiger charge is 2.21. The Morgan fingerprint density at radius 2 is 2.00 bits per heavy atom. The predicted octanol–water partition coefficient (Wildman–Crippen LogP) is 2.65. The number of benzene rings is 1. The van der Waals surface area contributed by atoms with Gasteiger partial charge in [-0.2, -0.15) is 10.5 Å². The van der Waals surface area contributed by atoms with Gasteiger partial charge in [-0.25, -0.2) is 0 Å². The van der Waals surface area contributed by atoms with Gasteiger partial charge in [-0.15, -0.1) is 0 Å². The van der Waals surface area contributed by atoms with E-state index >= 15 is 0 Å². The van der Waals surface area contributed by atoms with Crippen molar-refractivity contribution < 1.29 is 9.66 Å². The molecule has 9 heteroatoms. The second kappa shape index (κ2) is 6.13. The average Bonchev–Trinajstić information content (AvgIpc) is 2.53. The standard InChI is InChI=1S/C14H9N5O3S/c1-22-11-3-2-7(4-10(11)19(20)21)12-8(5-15)13(17)18-14(23)9(12)6-16/h2-4H,1H3,(H3,17,18,23). The number of ether oxygens (including phenoxy) is 1. The summed E-state index contributed by atoms with van der Waals surface area (Å²) in [6, 6.07) is 7.88. The highest BCUT2D eigenvalue weighted by Crippen LogP contribution is 2.36. The summed E-state index contributed by atoms with van der Waals surface area (Å²) in [5.74, 6) is 0.0507. The number of hydrogen-bond acceptors (Lipinski definition) is 7. The molecule has 0 bridgehead atoms. The number of pyridine rings is 1. The molecular weight excluding hydrogens is 318 g/mol. The molecule has 0 saturated heterocycles. The number of nitrogen functional groups attached to an aromatic ring is 1. The van der Waals surface area contributed by atoms with Crippen LogP contribution < -0.4 is 10.5 Å². The fraction of sp³-hybridized carbons (Fsp3) is 0.0714. The van der Waals surface area contributed by atoms with Crippen molar-refractivity contribution in [2.75, 3.05) is 12.8 Å². The van der Waals surface area contributed by atoms with Gasteiger partial charge in [0, 0.05) is 11.6 Å². The zero-order chi connectivity index (χ0) is 17.1. The molecule has 1 aromatic heterocycles. The highest BCUT2D eigenvalue weighted by molar-refractivity contribution is 7.71. The zero-order valence-corrected chi connectivity index (χ0v) is 12.6. The third kappa shape index (κ3) is 2.69. The molecule has 0 atom stereocenters. The minimum atomic E-state index is -0.618. The monoisotopic (exact) mass is 327 g/mol. The number of nitrogens with two attached hydrogens (primary N) is 1. The Kier molecular flexibility index (Phi) is 4.25. The van der Waals surface area contributed by atoms with Crippen LogP contribution in [0.25, 0.3) is 11.1 Å². The SMILES string of the molecule is COc1ccc(-c2c(C#N)c(N)[nH]c(=S)c2C#N)cc1[N+](=O)[O-]. The van der Waals surface area contributed by atoms with Gasteiger partial charge >= 0.3 is 5.69 Å². The Hall–Kier alpha value is -3.43. The minimum Gasteiger partial charge on any atom is -0.490 e. The van der Waals surface area contributed by atoms with Crippen LogP contribution in [-0.4, -0.2) is 17.0 Å². The molecular formula is C14H9N5O3S. The highest BCUT2D eigenvalue weighted by atomic mass is 32.1. The van der Waals surface area contributed by atoms with Gasteiger partial charge in [-0.05, 0) is 11.6 Å². The third-order valence-corrected chi connectivity index (χ3v) is 3.44. The number of nitro groups is 1. The van der Waals surface area contributed by atoms with E-state index in [1.54, 1.807) is 0 Å². The smallest absolute Gasteiger partial charge is 0.311 e. The first-order valence-electron chi connectivity index (χ1n) is 6.13. The van der Waals surface area contributed by atoms with Crippen LogP contribution in [0.5, 0.6) is 5.75 Å². The van der Waals surface area contributed by atoms with Crippen molar-refractivity contribution in [3.8, 4) is 29.0 Å². The van der Waals surface area contributed by atoms with E-state index in [1.807, 2.05) is 12.1 Å². The van der Waals surface area contributed by atoms with Crippen LogP contribution in [0.1, 0.15) is 11.1 Å². The molecule has 2 aromatic rings. The van der Waals surface area contributed by atoms with Gasteiger partial charge < -0.3 is 15.5 Å². The van der Waals surface area contributed by atoms with Gasteiger partial charge in [0.25, 0.3) is 0 Å². The molecule has 8 nitrogen and oxygen atoms in total. The number of nitriles is 2. The van der Waals surface area contributed by atoms with Crippen LogP contribution in [0.15, 0.2) is 18.2 Å². The summed E-state index contributed by atoms with van der Waals surface area (Å²) >= 11 is 5.04. The Balaban J connectivity index is 2.90. The fourth-order valence-corrected chi connectivity index (χ4v) is 2.38. The van der Waals surface area contributed by atoms with Crippen LogP contribution in [0, 0.1) is 37.4 Å². The Labute approximate surface area is 135 Å². The summed E-state index contributed by atoms with van der Waals surface area (Å²) in [5.41, 5.74) is 5.88. The number of nitrogens with zero attached hydrogens (tertiary/aromatic N) is 3. The molecule has 0 fully saturated rings. The van der Waals surface area contributed by atoms with Gasteiger partial charge in [0.1, 0.15) is 28.2 Å². The van der Waals surface area contributed by atoms with Crippen molar-refractivity contribution in [3.63, 3.8) is 0 Å². The molecule has 0 spiro atoms. The summed E-state index contributed by atoms with van der Waals surface area (Å²) in [6.45, 7) is 0. The number of rotatable bonds is 3. The van der Waals surface area contributed by atoms with Crippen molar-refractivity contribution in [2.24, 2.45) is 0 Å². The lowest BCUT2D eigenvalue weighted by Gasteiger charge is -2.10. The van der Waals surface area contributed by atoms with E-state index in [2.05, 4.69) is 4.98 Å². The first-order valence-corrected chi connectivity index (χ1v) is 6.54. The molecule has 114 valence electrons. The van der Waals surface area contributed by atoms with E-state index in [0.29, 0.717) is 0 Å². The largest absolute Gasteiger partial charge is 0.490 e. The second-order valence-electron chi connectivity index (χ2n) is 4.36. The summed E-state index contributed by atoms with van der Waals surface area (Å²) < 4.78 is 4.99. The number of hydrogen-bond donors (Lipinski definition) is 2. The number of aromatic nitrogens is 1. The molecule has 0 aliphatic rings. The Bertz CT molecular complexity index is 953. The molecule has 0 radical (unpaired) electrons. The van der Waals surface area contributed by atoms with E-state index in [4.69, 9.17) is 22.7 Å². The lowest BCUT2D eigenvalue weighted by molar-refractivity contribution is -0.385. The summed E-state index contributed by atoms with van der Waals surface area (Å²) in [5, 5.41) is 29.8. The van der Waals surface area contributed by atoms with Crippen LogP contribution in [-0.2, 0) is 0 Å². The molecule has 0 aliphatic heterocycles. The molecule has 0 aliphatic carbocycles. The van der Waals surface area contributed by atoms with E-state index in [-0.39, 0.29) is 44.1 Å². The molecule has 0 unspecified atom stereocenters. The van der Waals surface area contributed by atoms with Gasteiger partial charge in [0.05, 0.1) is 17.6 Å². The maximum Gasteiger partial charge on any atom is 0.311 e. The number of aromatic amines is 1. The van der Waals surface area contributed by atoms with Gasteiger partial charge in [-0.1, -0.05) is 18.3 Å². The van der Waals surface area contributed by atoms with E-state index < -0.39 is 4.92 Å². The van der Waals surface area contributed by atoms with Gasteiger partial charge in [0.2, 0.25) is 0 Å². The van der Waals surface area contributed by atoms with Crippen molar-refractivity contribution in [3.05, 3.63) is 44.1 Å². The number of methoxy groups -OCH3 is 1. The predicted molar refractivity (Wildman–Crippen MR) is 84.1 cm³/mol. The minimum absolute atomic E-state index is 0.00499.